The molecule has 5 heteroatoms. The summed E-state index contributed by atoms with van der Waals surface area (Å²) in [7, 11) is 3.62. The van der Waals surface area contributed by atoms with Gasteiger partial charge in [-0.1, -0.05) is 41.9 Å². The smallest absolute Gasteiger partial charge is 0.306 e. The first-order chi connectivity index (χ1) is 9.02. The van der Waals surface area contributed by atoms with Crippen molar-refractivity contribution in [1.82, 2.24) is 0 Å². The Morgan fingerprint density at radius 3 is 2.47 bits per heavy atom. The number of hydrogen-bond donors (Lipinski definition) is 0. The molecule has 3 nitrogen and oxygen atoms in total. The van der Waals surface area contributed by atoms with Crippen molar-refractivity contribution in [3.63, 3.8) is 0 Å². The molecule has 0 aromatic rings. The van der Waals surface area contributed by atoms with Crippen LogP contribution in [0, 0.1) is 5.92 Å². The fourth-order valence-electron chi connectivity index (χ4n) is 1.38. The van der Waals surface area contributed by atoms with Crippen LogP contribution in [0.5, 0.6) is 0 Å². The van der Waals surface area contributed by atoms with Crippen LogP contribution in [0.4, 0.5) is 0 Å². The maximum absolute atomic E-state index is 11.2. The van der Waals surface area contributed by atoms with Crippen molar-refractivity contribution in [3.8, 4) is 0 Å². The lowest BCUT2D eigenvalue weighted by molar-refractivity contribution is -0.147. The average Bonchev–Trinajstić information content (AvgIpc) is 2.30. The summed E-state index contributed by atoms with van der Waals surface area (Å²) >= 11 is 0. The zero-order chi connectivity index (χ0) is 14.5. The van der Waals surface area contributed by atoms with Crippen LogP contribution in [-0.2, 0) is 14.3 Å². The summed E-state index contributed by atoms with van der Waals surface area (Å²) in [4.78, 5) is 11.2. The van der Waals surface area contributed by atoms with Gasteiger partial charge in [0.1, 0.15) is 5.94 Å². The first kappa shape index (κ1) is 19.1. The summed E-state index contributed by atoms with van der Waals surface area (Å²) in [6, 6.07) is 0. The minimum absolute atomic E-state index is 0.0220. The van der Waals surface area contributed by atoms with E-state index in [1.807, 2.05) is 24.6 Å². The van der Waals surface area contributed by atoms with Gasteiger partial charge in [-0.3, -0.25) is 4.79 Å². The molecule has 0 radical (unpaired) electrons. The van der Waals surface area contributed by atoms with Crippen LogP contribution in [0.15, 0.2) is 0 Å². The highest BCUT2D eigenvalue weighted by molar-refractivity contribution is 8.76. The van der Waals surface area contributed by atoms with Gasteiger partial charge in [0.15, 0.2) is 0 Å². The van der Waals surface area contributed by atoms with Crippen LogP contribution >= 0.6 is 21.6 Å². The lowest BCUT2D eigenvalue weighted by Gasteiger charge is -2.08. The minimum Gasteiger partial charge on any atom is -0.463 e. The average molecular weight is 309 g/mol. The van der Waals surface area contributed by atoms with Crippen molar-refractivity contribution in [2.45, 2.75) is 59.5 Å². The highest BCUT2D eigenvalue weighted by Gasteiger charge is 2.04. The number of carbonyl (C=O) groups is 1. The molecule has 0 aromatic carbocycles. The van der Waals surface area contributed by atoms with Gasteiger partial charge < -0.3 is 9.47 Å². The molecule has 0 amide bonds. The molecule has 19 heavy (non-hydrogen) atoms. The van der Waals surface area contributed by atoms with E-state index in [0.29, 0.717) is 19.0 Å². The molecule has 0 unspecified atom stereocenters. The fourth-order valence-corrected chi connectivity index (χ4v) is 3.15. The Balaban J connectivity index is 3.13. The van der Waals surface area contributed by atoms with Crippen LogP contribution in [-0.4, -0.2) is 30.4 Å². The standard InChI is InChI=1S/C14H28O3S2/c1-12(2)7-6-10-18-19-11-16-9-5-8-14(15)17-13(3)4/h12-13H,5-11H2,1-4H3. The second-order valence-electron chi connectivity index (χ2n) is 5.14. The van der Waals surface area contributed by atoms with Crippen LogP contribution in [0.1, 0.15) is 53.4 Å². The second kappa shape index (κ2) is 13.1. The lowest BCUT2D eigenvalue weighted by Crippen LogP contribution is -2.11. The first-order valence-electron chi connectivity index (χ1n) is 7.04. The number of carbonyl (C=O) groups excluding carboxylic acids is 1. The molecule has 0 atom stereocenters. The quantitative estimate of drug-likeness (QED) is 0.229. The summed E-state index contributed by atoms with van der Waals surface area (Å²) in [6.07, 6.45) is 3.74. The maximum Gasteiger partial charge on any atom is 0.306 e. The summed E-state index contributed by atoms with van der Waals surface area (Å²) in [6.45, 7) is 8.87. The third kappa shape index (κ3) is 16.1. The largest absolute Gasteiger partial charge is 0.463 e. The molecule has 0 aliphatic carbocycles. The van der Waals surface area contributed by atoms with Gasteiger partial charge in [-0.15, -0.1) is 0 Å². The zero-order valence-corrected chi connectivity index (χ0v) is 14.3. The van der Waals surface area contributed by atoms with Crippen LogP contribution < -0.4 is 0 Å². The minimum atomic E-state index is -0.130. The molecule has 0 saturated carbocycles. The van der Waals surface area contributed by atoms with E-state index in [2.05, 4.69) is 13.8 Å². The Morgan fingerprint density at radius 2 is 1.84 bits per heavy atom. The molecular weight excluding hydrogens is 280 g/mol. The molecular formula is C14H28O3S2. The van der Waals surface area contributed by atoms with Crippen molar-refractivity contribution in [1.29, 1.82) is 0 Å². The van der Waals surface area contributed by atoms with E-state index in [9.17, 15) is 4.79 Å². The van der Waals surface area contributed by atoms with Crippen LogP contribution in [0.25, 0.3) is 0 Å². The number of ether oxygens (including phenoxy) is 2. The Hall–Kier alpha value is 0.130. The molecule has 114 valence electrons. The van der Waals surface area contributed by atoms with Gasteiger partial charge in [-0.05, 0) is 32.6 Å². The summed E-state index contributed by atoms with van der Waals surface area (Å²) in [5, 5.41) is 0. The van der Waals surface area contributed by atoms with Crippen molar-refractivity contribution in [3.05, 3.63) is 0 Å². The molecule has 0 spiro atoms. The number of hydrogen-bond acceptors (Lipinski definition) is 5. The lowest BCUT2D eigenvalue weighted by atomic mass is 10.1. The molecule has 0 rings (SSSR count). The molecule has 0 bridgehead atoms. The predicted molar refractivity (Wildman–Crippen MR) is 85.4 cm³/mol. The second-order valence-corrected chi connectivity index (χ2v) is 7.67. The summed E-state index contributed by atoms with van der Waals surface area (Å²) < 4.78 is 10.5. The predicted octanol–water partition coefficient (Wildman–Crippen LogP) is 4.51. The molecule has 0 aliphatic rings. The van der Waals surface area contributed by atoms with Crippen molar-refractivity contribution < 1.29 is 14.3 Å². The number of rotatable bonds is 12. The Kier molecular flexibility index (Phi) is 13.2. The van der Waals surface area contributed by atoms with Gasteiger partial charge in [0.25, 0.3) is 0 Å². The fraction of sp³-hybridized carbons (Fsp3) is 0.929. The van der Waals surface area contributed by atoms with Crippen molar-refractivity contribution in [2.24, 2.45) is 5.92 Å². The van der Waals surface area contributed by atoms with Crippen LogP contribution in [0.2, 0.25) is 0 Å². The monoisotopic (exact) mass is 308 g/mol. The Labute approximate surface area is 126 Å². The maximum atomic E-state index is 11.2. The van der Waals surface area contributed by atoms with E-state index < -0.39 is 0 Å². The van der Waals surface area contributed by atoms with Gasteiger partial charge in [0, 0.05) is 18.8 Å². The summed E-state index contributed by atoms with van der Waals surface area (Å²) in [5.74, 6) is 2.56. The van der Waals surface area contributed by atoms with E-state index in [-0.39, 0.29) is 12.1 Å². The molecule has 0 aromatic heterocycles. The van der Waals surface area contributed by atoms with Crippen molar-refractivity contribution >= 4 is 27.6 Å². The molecule has 0 fully saturated rings. The number of esters is 1. The van der Waals surface area contributed by atoms with E-state index in [4.69, 9.17) is 9.47 Å². The van der Waals surface area contributed by atoms with Crippen LogP contribution in [0.3, 0.4) is 0 Å². The normalized spacial score (nSPS) is 11.3. The topological polar surface area (TPSA) is 35.5 Å². The zero-order valence-electron chi connectivity index (χ0n) is 12.6. The molecule has 0 saturated heterocycles. The van der Waals surface area contributed by atoms with Gasteiger partial charge >= 0.3 is 5.97 Å². The molecule has 0 heterocycles. The summed E-state index contributed by atoms with van der Waals surface area (Å²) in [5.41, 5.74) is 0. The Bertz CT molecular complexity index is 221. The van der Waals surface area contributed by atoms with Gasteiger partial charge in [0.05, 0.1) is 6.10 Å². The van der Waals surface area contributed by atoms with E-state index in [0.717, 1.165) is 12.3 Å². The molecule has 0 N–H and O–H groups in total. The highest BCUT2D eigenvalue weighted by Crippen LogP contribution is 2.23. The third-order valence-electron chi connectivity index (χ3n) is 2.26. The third-order valence-corrected chi connectivity index (χ3v) is 4.43. The molecule has 0 aliphatic heterocycles. The van der Waals surface area contributed by atoms with E-state index in [1.54, 1.807) is 10.8 Å². The van der Waals surface area contributed by atoms with Gasteiger partial charge in [-0.2, -0.15) is 0 Å². The first-order valence-corrected chi connectivity index (χ1v) is 9.52. The highest BCUT2D eigenvalue weighted by atomic mass is 33.1. The van der Waals surface area contributed by atoms with E-state index in [1.165, 1.54) is 18.6 Å². The SMILES string of the molecule is CC(C)CCCSSCOCCCC(=O)OC(C)C. The van der Waals surface area contributed by atoms with Crippen molar-refractivity contribution in [2.75, 3.05) is 18.3 Å². The van der Waals surface area contributed by atoms with E-state index >= 15 is 0 Å². The van der Waals surface area contributed by atoms with Gasteiger partial charge in [0.2, 0.25) is 0 Å². The van der Waals surface area contributed by atoms with Gasteiger partial charge in [-0.25, -0.2) is 0 Å². The Morgan fingerprint density at radius 1 is 1.11 bits per heavy atom.